The van der Waals surface area contributed by atoms with E-state index in [0.717, 1.165) is 45.8 Å². The summed E-state index contributed by atoms with van der Waals surface area (Å²) < 4.78 is 5.29. The van der Waals surface area contributed by atoms with E-state index >= 15 is 0 Å². The number of ether oxygens (including phenoxy) is 1. The zero-order valence-corrected chi connectivity index (χ0v) is 12.5. The molecule has 2 heterocycles. The molecule has 0 aliphatic carbocycles. The minimum atomic E-state index is -0.162. The van der Waals surface area contributed by atoms with Crippen molar-refractivity contribution < 1.29 is 9.53 Å². The van der Waals surface area contributed by atoms with Gasteiger partial charge in [0.2, 0.25) is 5.95 Å². The Morgan fingerprint density at radius 2 is 2.19 bits per heavy atom. The zero-order chi connectivity index (χ0) is 14.9. The van der Waals surface area contributed by atoms with Crippen molar-refractivity contribution in [2.24, 2.45) is 0 Å². The van der Waals surface area contributed by atoms with Crippen LogP contribution < -0.4 is 10.6 Å². The average Bonchev–Trinajstić information content (AvgIpc) is 2.54. The molecule has 116 valence electrons. The summed E-state index contributed by atoms with van der Waals surface area (Å²) in [6.45, 7) is 7.69. The fraction of sp³-hybridized carbons (Fsp3) is 0.643. The summed E-state index contributed by atoms with van der Waals surface area (Å²) >= 11 is 0. The third-order valence-electron chi connectivity index (χ3n) is 3.24. The highest BCUT2D eigenvalue weighted by atomic mass is 16.5. The molecule has 0 aromatic carbocycles. The van der Waals surface area contributed by atoms with Crippen LogP contribution in [0.25, 0.3) is 0 Å². The van der Waals surface area contributed by atoms with E-state index in [1.807, 2.05) is 0 Å². The molecule has 1 saturated heterocycles. The van der Waals surface area contributed by atoms with E-state index in [2.05, 4.69) is 32.4 Å². The summed E-state index contributed by atoms with van der Waals surface area (Å²) in [5, 5.41) is 5.96. The molecule has 2 rings (SSSR count). The highest BCUT2D eigenvalue weighted by Crippen LogP contribution is 2.01. The van der Waals surface area contributed by atoms with E-state index in [1.165, 1.54) is 0 Å². The average molecular weight is 293 g/mol. The van der Waals surface area contributed by atoms with Gasteiger partial charge in [-0.3, -0.25) is 9.69 Å². The molecule has 0 bridgehead atoms. The van der Waals surface area contributed by atoms with Gasteiger partial charge in [-0.1, -0.05) is 6.92 Å². The summed E-state index contributed by atoms with van der Waals surface area (Å²) in [5.41, 5.74) is 0.394. The number of hydrogen-bond donors (Lipinski definition) is 2. The molecule has 0 spiro atoms. The molecule has 1 aromatic heterocycles. The smallest absolute Gasteiger partial charge is 0.270 e. The predicted octanol–water partition coefficient (Wildman–Crippen LogP) is 0.361. The first-order valence-electron chi connectivity index (χ1n) is 7.45. The first kappa shape index (κ1) is 15.7. The molecule has 0 saturated carbocycles. The van der Waals surface area contributed by atoms with Crippen LogP contribution in [0.1, 0.15) is 23.8 Å². The van der Waals surface area contributed by atoms with Crippen molar-refractivity contribution in [2.45, 2.75) is 13.3 Å². The molecular weight excluding hydrogens is 270 g/mol. The Bertz CT molecular complexity index is 449. The first-order chi connectivity index (χ1) is 10.3. The second-order valence-electron chi connectivity index (χ2n) is 4.90. The van der Waals surface area contributed by atoms with Crippen molar-refractivity contribution in [3.8, 4) is 0 Å². The van der Waals surface area contributed by atoms with Gasteiger partial charge in [0.1, 0.15) is 5.69 Å². The van der Waals surface area contributed by atoms with Crippen molar-refractivity contribution in [3.05, 3.63) is 18.0 Å². The van der Waals surface area contributed by atoms with Gasteiger partial charge in [0, 0.05) is 38.9 Å². The lowest BCUT2D eigenvalue weighted by Gasteiger charge is -2.26. The van der Waals surface area contributed by atoms with Crippen LogP contribution in [0, 0.1) is 0 Å². The quantitative estimate of drug-likeness (QED) is 0.756. The van der Waals surface area contributed by atoms with Crippen LogP contribution in [0.2, 0.25) is 0 Å². The van der Waals surface area contributed by atoms with Gasteiger partial charge in [0.15, 0.2) is 0 Å². The molecule has 21 heavy (non-hydrogen) atoms. The predicted molar refractivity (Wildman–Crippen MR) is 80.4 cm³/mol. The third kappa shape index (κ3) is 5.28. The first-order valence-corrected chi connectivity index (χ1v) is 7.45. The Morgan fingerprint density at radius 3 is 2.95 bits per heavy atom. The number of nitrogens with zero attached hydrogens (tertiary/aromatic N) is 3. The molecule has 1 amide bonds. The van der Waals surface area contributed by atoms with Crippen molar-refractivity contribution in [3.63, 3.8) is 0 Å². The number of hydrogen-bond acceptors (Lipinski definition) is 6. The Hall–Kier alpha value is -1.73. The minimum Gasteiger partial charge on any atom is -0.379 e. The second kappa shape index (κ2) is 8.53. The number of amides is 1. The van der Waals surface area contributed by atoms with Crippen molar-refractivity contribution in [1.82, 2.24) is 20.2 Å². The maximum Gasteiger partial charge on any atom is 0.270 e. The fourth-order valence-corrected chi connectivity index (χ4v) is 2.05. The van der Waals surface area contributed by atoms with E-state index < -0.39 is 0 Å². The number of carbonyl (C=O) groups excluding carboxylic acids is 1. The van der Waals surface area contributed by atoms with E-state index in [9.17, 15) is 4.79 Å². The number of nitrogens with one attached hydrogen (secondary N) is 2. The number of rotatable bonds is 7. The molecule has 0 atom stereocenters. The minimum absolute atomic E-state index is 0.162. The standard InChI is InChI=1S/C14H23N5O2/c1-2-4-16-14-17-5-3-12(18-14)13(20)15-6-7-19-8-10-21-11-9-19/h3,5H,2,4,6-11H2,1H3,(H,15,20)(H,16,17,18). The van der Waals surface area contributed by atoms with Gasteiger partial charge in [-0.2, -0.15) is 0 Å². The van der Waals surface area contributed by atoms with Crippen molar-refractivity contribution >= 4 is 11.9 Å². The van der Waals surface area contributed by atoms with Crippen molar-refractivity contribution in [2.75, 3.05) is 51.3 Å². The lowest BCUT2D eigenvalue weighted by Crippen LogP contribution is -2.41. The summed E-state index contributed by atoms with van der Waals surface area (Å²) in [7, 11) is 0. The summed E-state index contributed by atoms with van der Waals surface area (Å²) in [5.74, 6) is 0.336. The topological polar surface area (TPSA) is 79.4 Å². The van der Waals surface area contributed by atoms with Gasteiger partial charge in [0.25, 0.3) is 5.91 Å². The molecule has 1 fully saturated rings. The Balaban J connectivity index is 1.76. The van der Waals surface area contributed by atoms with E-state index in [-0.39, 0.29) is 5.91 Å². The molecule has 0 radical (unpaired) electrons. The van der Waals surface area contributed by atoms with Crippen LogP contribution in [-0.4, -0.2) is 66.7 Å². The normalized spacial score (nSPS) is 15.7. The highest BCUT2D eigenvalue weighted by Gasteiger charge is 2.12. The van der Waals surface area contributed by atoms with Crippen LogP contribution in [0.4, 0.5) is 5.95 Å². The molecule has 2 N–H and O–H groups in total. The monoisotopic (exact) mass is 293 g/mol. The highest BCUT2D eigenvalue weighted by molar-refractivity contribution is 5.92. The maximum atomic E-state index is 12.0. The second-order valence-corrected chi connectivity index (χ2v) is 4.90. The Labute approximate surface area is 125 Å². The summed E-state index contributed by atoms with van der Waals surface area (Å²) in [4.78, 5) is 22.6. The molecule has 0 unspecified atom stereocenters. The molecule has 1 aromatic rings. The SMILES string of the molecule is CCCNc1nccc(C(=O)NCCN2CCOCC2)n1. The number of morpholine rings is 1. The number of carbonyl (C=O) groups is 1. The zero-order valence-electron chi connectivity index (χ0n) is 12.5. The summed E-state index contributed by atoms with van der Waals surface area (Å²) in [6.07, 6.45) is 2.58. The number of aromatic nitrogens is 2. The lowest BCUT2D eigenvalue weighted by molar-refractivity contribution is 0.0383. The van der Waals surface area contributed by atoms with Crippen molar-refractivity contribution in [1.29, 1.82) is 0 Å². The van der Waals surface area contributed by atoms with Gasteiger partial charge in [-0.15, -0.1) is 0 Å². The Morgan fingerprint density at radius 1 is 1.38 bits per heavy atom. The largest absolute Gasteiger partial charge is 0.379 e. The van der Waals surface area contributed by atoms with Gasteiger partial charge in [-0.05, 0) is 12.5 Å². The fourth-order valence-electron chi connectivity index (χ4n) is 2.05. The molecule has 1 aliphatic rings. The maximum absolute atomic E-state index is 12.0. The molecule has 7 nitrogen and oxygen atoms in total. The van der Waals surface area contributed by atoms with Crippen LogP contribution in [0.15, 0.2) is 12.3 Å². The molecule has 1 aliphatic heterocycles. The van der Waals surface area contributed by atoms with Crippen LogP contribution >= 0.6 is 0 Å². The van der Waals surface area contributed by atoms with E-state index in [4.69, 9.17) is 4.74 Å². The summed E-state index contributed by atoms with van der Waals surface area (Å²) in [6, 6.07) is 1.63. The number of anilines is 1. The molecule has 7 heteroatoms. The lowest BCUT2D eigenvalue weighted by atomic mass is 10.3. The third-order valence-corrected chi connectivity index (χ3v) is 3.24. The molecular formula is C14H23N5O2. The van der Waals surface area contributed by atoms with E-state index in [0.29, 0.717) is 18.2 Å². The van der Waals surface area contributed by atoms with Gasteiger partial charge >= 0.3 is 0 Å². The van der Waals surface area contributed by atoms with Crippen LogP contribution in [-0.2, 0) is 4.74 Å². The van der Waals surface area contributed by atoms with E-state index in [1.54, 1.807) is 12.3 Å². The van der Waals surface area contributed by atoms with Gasteiger partial charge < -0.3 is 15.4 Å². The Kier molecular flexibility index (Phi) is 6.36. The van der Waals surface area contributed by atoms with Crippen LogP contribution in [0.3, 0.4) is 0 Å². The van der Waals surface area contributed by atoms with Gasteiger partial charge in [0.05, 0.1) is 13.2 Å². The van der Waals surface area contributed by atoms with Gasteiger partial charge in [-0.25, -0.2) is 9.97 Å². The van der Waals surface area contributed by atoms with Crippen LogP contribution in [0.5, 0.6) is 0 Å².